The summed E-state index contributed by atoms with van der Waals surface area (Å²) in [4.78, 5) is 16.1. The number of hydrogen-bond acceptors (Lipinski definition) is 6. The summed E-state index contributed by atoms with van der Waals surface area (Å²) in [6.45, 7) is 3.77. The highest BCUT2D eigenvalue weighted by Gasteiger charge is 2.18. The molecule has 0 radical (unpaired) electrons. The summed E-state index contributed by atoms with van der Waals surface area (Å²) in [5.74, 6) is 1.67. The van der Waals surface area contributed by atoms with Crippen molar-refractivity contribution >= 4 is 28.4 Å². The Morgan fingerprint density at radius 1 is 0.957 bits per heavy atom. The maximum absolute atomic E-state index is 4.85. The van der Waals surface area contributed by atoms with Crippen molar-refractivity contribution in [2.24, 2.45) is 0 Å². The van der Waals surface area contributed by atoms with E-state index in [1.807, 2.05) is 36.4 Å². The van der Waals surface area contributed by atoms with Gasteiger partial charge in [0, 0.05) is 32.4 Å². The van der Waals surface area contributed by atoms with Crippen LogP contribution in [-0.4, -0.2) is 41.1 Å². The lowest BCUT2D eigenvalue weighted by molar-refractivity contribution is 0.585. The van der Waals surface area contributed by atoms with Gasteiger partial charge in [-0.2, -0.15) is 0 Å². The van der Waals surface area contributed by atoms with Gasteiger partial charge in [-0.25, -0.2) is 9.97 Å². The predicted octanol–water partition coefficient (Wildman–Crippen LogP) is 2.18. The summed E-state index contributed by atoms with van der Waals surface area (Å²) in [6.07, 6.45) is 3.55. The topological polar surface area (TPSA) is 66.0 Å². The largest absolute Gasteiger partial charge is 0.351 e. The lowest BCUT2D eigenvalue weighted by Gasteiger charge is -2.29. The van der Waals surface area contributed by atoms with Crippen molar-refractivity contribution in [3.63, 3.8) is 0 Å². The van der Waals surface area contributed by atoms with Crippen LogP contribution in [0.4, 0.5) is 17.3 Å². The lowest BCUT2D eigenvalue weighted by atomic mass is 10.3. The molecule has 0 aliphatic carbocycles. The lowest BCUT2D eigenvalue weighted by Crippen LogP contribution is -2.44. The third-order valence-electron chi connectivity index (χ3n) is 3.89. The molecule has 6 nitrogen and oxygen atoms in total. The van der Waals surface area contributed by atoms with E-state index in [1.165, 1.54) is 0 Å². The molecule has 6 heteroatoms. The molecule has 1 saturated heterocycles. The molecular weight excluding hydrogens is 288 g/mol. The van der Waals surface area contributed by atoms with Gasteiger partial charge in [-0.3, -0.25) is 4.98 Å². The molecule has 1 fully saturated rings. The number of benzene rings is 1. The van der Waals surface area contributed by atoms with E-state index in [9.17, 15) is 0 Å². The second-order valence-corrected chi connectivity index (χ2v) is 5.49. The number of pyridine rings is 1. The third kappa shape index (κ3) is 2.93. The van der Waals surface area contributed by atoms with Gasteiger partial charge in [-0.1, -0.05) is 12.1 Å². The van der Waals surface area contributed by atoms with Crippen LogP contribution in [0.15, 0.2) is 48.8 Å². The summed E-state index contributed by atoms with van der Waals surface area (Å²) in [6, 6.07) is 11.8. The molecule has 4 rings (SSSR count). The van der Waals surface area contributed by atoms with E-state index in [4.69, 9.17) is 9.97 Å². The van der Waals surface area contributed by atoms with Crippen LogP contribution in [0.3, 0.4) is 0 Å². The SMILES string of the molecule is c1cncc(Nc2nc3ccccc3nc2N2CCNCC2)c1. The monoisotopic (exact) mass is 306 g/mol. The molecule has 0 amide bonds. The van der Waals surface area contributed by atoms with Gasteiger partial charge >= 0.3 is 0 Å². The minimum Gasteiger partial charge on any atom is -0.351 e. The highest BCUT2D eigenvalue weighted by Crippen LogP contribution is 2.27. The number of nitrogens with zero attached hydrogens (tertiary/aromatic N) is 4. The van der Waals surface area contributed by atoms with Gasteiger partial charge in [0.15, 0.2) is 11.6 Å². The zero-order valence-electron chi connectivity index (χ0n) is 12.7. The Labute approximate surface area is 134 Å². The number of hydrogen-bond donors (Lipinski definition) is 2. The van der Waals surface area contributed by atoms with Gasteiger partial charge in [-0.15, -0.1) is 0 Å². The van der Waals surface area contributed by atoms with E-state index in [2.05, 4.69) is 20.5 Å². The van der Waals surface area contributed by atoms with Crippen LogP contribution < -0.4 is 15.5 Å². The smallest absolute Gasteiger partial charge is 0.174 e. The zero-order chi connectivity index (χ0) is 15.5. The molecule has 0 unspecified atom stereocenters. The number of para-hydroxylation sites is 2. The van der Waals surface area contributed by atoms with Gasteiger partial charge in [0.25, 0.3) is 0 Å². The number of nitrogens with one attached hydrogen (secondary N) is 2. The first kappa shape index (κ1) is 13.9. The Balaban J connectivity index is 1.78. The first-order valence-corrected chi connectivity index (χ1v) is 7.80. The van der Waals surface area contributed by atoms with E-state index >= 15 is 0 Å². The fourth-order valence-electron chi connectivity index (χ4n) is 2.75. The Hall–Kier alpha value is -2.73. The molecular formula is C17H18N6. The highest BCUT2D eigenvalue weighted by molar-refractivity contribution is 5.82. The molecule has 23 heavy (non-hydrogen) atoms. The van der Waals surface area contributed by atoms with Gasteiger partial charge in [0.05, 0.1) is 22.9 Å². The van der Waals surface area contributed by atoms with Gasteiger partial charge in [-0.05, 0) is 24.3 Å². The second-order valence-electron chi connectivity index (χ2n) is 5.49. The van der Waals surface area contributed by atoms with Gasteiger partial charge in [0.1, 0.15) is 0 Å². The van der Waals surface area contributed by atoms with E-state index in [-0.39, 0.29) is 0 Å². The molecule has 2 aromatic heterocycles. The van der Waals surface area contributed by atoms with Crippen LogP contribution >= 0.6 is 0 Å². The minimum absolute atomic E-state index is 0.776. The molecule has 2 N–H and O–H groups in total. The van der Waals surface area contributed by atoms with Crippen LogP contribution in [-0.2, 0) is 0 Å². The molecule has 0 bridgehead atoms. The van der Waals surface area contributed by atoms with Crippen LogP contribution in [0, 0.1) is 0 Å². The van der Waals surface area contributed by atoms with E-state index in [0.717, 1.165) is 54.5 Å². The molecule has 0 saturated carbocycles. The van der Waals surface area contributed by atoms with Gasteiger partial charge < -0.3 is 15.5 Å². The quantitative estimate of drug-likeness (QED) is 0.773. The fourth-order valence-corrected chi connectivity index (χ4v) is 2.75. The number of rotatable bonds is 3. The summed E-state index contributed by atoms with van der Waals surface area (Å²) in [5.41, 5.74) is 2.71. The molecule has 3 heterocycles. The standard InChI is InChI=1S/C17H18N6/c1-2-6-15-14(5-1)21-16(20-13-4-3-7-19-12-13)17(22-15)23-10-8-18-9-11-23/h1-7,12,18H,8-11H2,(H,20,21). The summed E-state index contributed by atoms with van der Waals surface area (Å²) in [5, 5.41) is 6.73. The maximum atomic E-state index is 4.85. The first-order chi connectivity index (χ1) is 11.4. The molecule has 1 aliphatic heterocycles. The van der Waals surface area contributed by atoms with E-state index in [0.29, 0.717) is 0 Å². The average molecular weight is 306 g/mol. The zero-order valence-corrected chi connectivity index (χ0v) is 12.7. The summed E-state index contributed by atoms with van der Waals surface area (Å²) < 4.78 is 0. The van der Waals surface area contributed by atoms with Crippen molar-refractivity contribution in [3.05, 3.63) is 48.8 Å². The molecule has 0 spiro atoms. The molecule has 3 aromatic rings. The maximum Gasteiger partial charge on any atom is 0.174 e. The minimum atomic E-state index is 0.776. The summed E-state index contributed by atoms with van der Waals surface area (Å²) in [7, 11) is 0. The van der Waals surface area contributed by atoms with Crippen molar-refractivity contribution in [2.45, 2.75) is 0 Å². The van der Waals surface area contributed by atoms with Crippen molar-refractivity contribution in [3.8, 4) is 0 Å². The van der Waals surface area contributed by atoms with Gasteiger partial charge in [0.2, 0.25) is 0 Å². The Morgan fingerprint density at radius 2 is 1.74 bits per heavy atom. The first-order valence-electron chi connectivity index (χ1n) is 7.80. The van der Waals surface area contributed by atoms with Crippen molar-refractivity contribution in [1.82, 2.24) is 20.3 Å². The van der Waals surface area contributed by atoms with Crippen LogP contribution in [0.5, 0.6) is 0 Å². The highest BCUT2D eigenvalue weighted by atomic mass is 15.3. The Kier molecular flexibility index (Phi) is 3.73. The second kappa shape index (κ2) is 6.18. The number of anilines is 3. The van der Waals surface area contributed by atoms with Crippen LogP contribution in [0.2, 0.25) is 0 Å². The van der Waals surface area contributed by atoms with E-state index < -0.39 is 0 Å². The molecule has 1 aliphatic rings. The molecule has 0 atom stereocenters. The van der Waals surface area contributed by atoms with Crippen molar-refractivity contribution in [1.29, 1.82) is 0 Å². The molecule has 116 valence electrons. The fraction of sp³-hybridized carbons (Fsp3) is 0.235. The number of piperazine rings is 1. The summed E-state index contributed by atoms with van der Waals surface area (Å²) >= 11 is 0. The van der Waals surface area contributed by atoms with Crippen LogP contribution in [0.1, 0.15) is 0 Å². The normalized spacial score (nSPS) is 14.9. The Morgan fingerprint density at radius 3 is 2.48 bits per heavy atom. The average Bonchev–Trinajstić information content (AvgIpc) is 2.63. The van der Waals surface area contributed by atoms with Crippen molar-refractivity contribution < 1.29 is 0 Å². The number of aromatic nitrogens is 3. The predicted molar refractivity (Wildman–Crippen MR) is 92.1 cm³/mol. The third-order valence-corrected chi connectivity index (χ3v) is 3.89. The Bertz CT molecular complexity index is 799. The molecule has 1 aromatic carbocycles. The van der Waals surface area contributed by atoms with Crippen molar-refractivity contribution in [2.75, 3.05) is 36.4 Å². The van der Waals surface area contributed by atoms with E-state index in [1.54, 1.807) is 12.4 Å². The number of fused-ring (bicyclic) bond motifs is 1. The van der Waals surface area contributed by atoms with Crippen LogP contribution in [0.25, 0.3) is 11.0 Å².